The van der Waals surface area contributed by atoms with Crippen molar-refractivity contribution in [2.75, 3.05) is 0 Å². The molecule has 1 aromatic heterocycles. The number of fused-ring (bicyclic) bond motifs is 1. The number of hydrogen-bond donors (Lipinski definition) is 1. The summed E-state index contributed by atoms with van der Waals surface area (Å²) in [5.41, 5.74) is 6.64. The Labute approximate surface area is 170 Å². The van der Waals surface area contributed by atoms with Gasteiger partial charge in [-0.2, -0.15) is 5.10 Å². The highest BCUT2D eigenvalue weighted by Crippen LogP contribution is 2.15. The molecule has 0 radical (unpaired) electrons. The van der Waals surface area contributed by atoms with E-state index in [0.717, 1.165) is 27.8 Å². The van der Waals surface area contributed by atoms with Gasteiger partial charge in [-0.25, -0.2) is 9.98 Å². The maximum Gasteiger partial charge on any atom is 0.173 e. The lowest BCUT2D eigenvalue weighted by Crippen LogP contribution is -2.20. The molecule has 0 spiro atoms. The SMILES string of the molecule is C(=Cc1ccccc1)C=NNC(=Nc1ccccc1)c1ccc2ccccc2n1. The normalized spacial score (nSPS) is 12.1. The fraction of sp³-hybridized carbons (Fsp3) is 0. The van der Waals surface area contributed by atoms with Crippen molar-refractivity contribution in [2.45, 2.75) is 0 Å². The molecule has 140 valence electrons. The zero-order valence-corrected chi connectivity index (χ0v) is 15.8. The molecule has 0 bridgehead atoms. The Bertz CT molecular complexity index is 1160. The summed E-state index contributed by atoms with van der Waals surface area (Å²) in [6.45, 7) is 0. The second-order valence-electron chi connectivity index (χ2n) is 6.34. The molecule has 1 N–H and O–H groups in total. The van der Waals surface area contributed by atoms with E-state index in [1.54, 1.807) is 6.21 Å². The Morgan fingerprint density at radius 3 is 2.31 bits per heavy atom. The predicted molar refractivity (Wildman–Crippen MR) is 121 cm³/mol. The minimum atomic E-state index is 0.589. The molecule has 4 nitrogen and oxygen atoms in total. The Morgan fingerprint density at radius 1 is 0.759 bits per heavy atom. The van der Waals surface area contributed by atoms with Gasteiger partial charge in [0.25, 0.3) is 0 Å². The first-order valence-electron chi connectivity index (χ1n) is 9.39. The van der Waals surface area contributed by atoms with Crippen molar-refractivity contribution >= 4 is 34.7 Å². The van der Waals surface area contributed by atoms with Gasteiger partial charge >= 0.3 is 0 Å². The molecule has 0 amide bonds. The number of amidine groups is 1. The lowest BCUT2D eigenvalue weighted by atomic mass is 10.2. The van der Waals surface area contributed by atoms with Gasteiger partial charge in [0.05, 0.1) is 11.2 Å². The number of allylic oxidation sites excluding steroid dienone is 1. The maximum absolute atomic E-state index is 4.73. The largest absolute Gasteiger partial charge is 0.260 e. The fourth-order valence-electron chi connectivity index (χ4n) is 2.83. The van der Waals surface area contributed by atoms with Crippen LogP contribution in [0, 0.1) is 0 Å². The second-order valence-corrected chi connectivity index (χ2v) is 6.34. The van der Waals surface area contributed by atoms with Crippen molar-refractivity contribution in [3.63, 3.8) is 0 Å². The van der Waals surface area contributed by atoms with Crippen molar-refractivity contribution in [2.24, 2.45) is 10.1 Å². The van der Waals surface area contributed by atoms with Crippen molar-refractivity contribution < 1.29 is 0 Å². The molecule has 29 heavy (non-hydrogen) atoms. The molecule has 0 saturated carbocycles. The minimum absolute atomic E-state index is 0.589. The van der Waals surface area contributed by atoms with E-state index in [1.807, 2.05) is 109 Å². The highest BCUT2D eigenvalue weighted by Gasteiger charge is 2.06. The Balaban J connectivity index is 1.59. The zero-order valence-electron chi connectivity index (χ0n) is 15.8. The summed E-state index contributed by atoms with van der Waals surface area (Å²) in [6, 6.07) is 31.9. The molecule has 0 aliphatic heterocycles. The Hall–Kier alpha value is -4.05. The molecule has 4 aromatic rings. The molecule has 4 rings (SSSR count). The van der Waals surface area contributed by atoms with Gasteiger partial charge in [-0.3, -0.25) is 5.43 Å². The van der Waals surface area contributed by atoms with Crippen LogP contribution in [0.15, 0.2) is 113 Å². The summed E-state index contributed by atoms with van der Waals surface area (Å²) in [5, 5.41) is 5.39. The molecule has 0 atom stereocenters. The highest BCUT2D eigenvalue weighted by atomic mass is 15.3. The molecule has 1 heterocycles. The molecule has 0 saturated heterocycles. The summed E-state index contributed by atoms with van der Waals surface area (Å²) < 4.78 is 0. The third kappa shape index (κ3) is 5.02. The Morgan fingerprint density at radius 2 is 1.48 bits per heavy atom. The number of hydrogen-bond acceptors (Lipinski definition) is 3. The number of hydrazone groups is 1. The third-order valence-electron chi connectivity index (χ3n) is 4.26. The minimum Gasteiger partial charge on any atom is -0.260 e. The van der Waals surface area contributed by atoms with Crippen LogP contribution in [0.5, 0.6) is 0 Å². The first kappa shape index (κ1) is 18.3. The van der Waals surface area contributed by atoms with E-state index in [1.165, 1.54) is 0 Å². The number of aliphatic imine (C=N–C) groups is 1. The van der Waals surface area contributed by atoms with Gasteiger partial charge in [0.2, 0.25) is 0 Å². The highest BCUT2D eigenvalue weighted by molar-refractivity contribution is 6.00. The number of pyridine rings is 1. The Kier molecular flexibility index (Phi) is 5.84. The summed E-state index contributed by atoms with van der Waals surface area (Å²) in [4.78, 5) is 9.43. The number of rotatable bonds is 5. The number of aromatic nitrogens is 1. The first-order valence-corrected chi connectivity index (χ1v) is 9.39. The maximum atomic E-state index is 4.73. The molecular weight excluding hydrogens is 356 g/mol. The summed E-state index contributed by atoms with van der Waals surface area (Å²) >= 11 is 0. The van der Waals surface area contributed by atoms with Crippen LogP contribution >= 0.6 is 0 Å². The van der Waals surface area contributed by atoms with Gasteiger partial charge in [-0.1, -0.05) is 78.9 Å². The van der Waals surface area contributed by atoms with E-state index in [9.17, 15) is 0 Å². The van der Waals surface area contributed by atoms with Crippen LogP contribution in [0.25, 0.3) is 17.0 Å². The van der Waals surface area contributed by atoms with E-state index < -0.39 is 0 Å². The van der Waals surface area contributed by atoms with E-state index in [2.05, 4.69) is 10.5 Å². The molecule has 0 aliphatic rings. The number of nitrogens with zero attached hydrogens (tertiary/aromatic N) is 3. The molecule has 0 unspecified atom stereocenters. The van der Waals surface area contributed by atoms with Gasteiger partial charge in [0, 0.05) is 11.6 Å². The number of nitrogens with one attached hydrogen (secondary N) is 1. The quantitative estimate of drug-likeness (QED) is 0.280. The van der Waals surface area contributed by atoms with Crippen LogP contribution in [-0.2, 0) is 0 Å². The first-order chi connectivity index (χ1) is 14.4. The summed E-state index contributed by atoms with van der Waals surface area (Å²) in [7, 11) is 0. The fourth-order valence-corrected chi connectivity index (χ4v) is 2.83. The van der Waals surface area contributed by atoms with Crippen LogP contribution < -0.4 is 5.43 Å². The topological polar surface area (TPSA) is 49.6 Å². The molecule has 0 fully saturated rings. The smallest absolute Gasteiger partial charge is 0.173 e. The van der Waals surface area contributed by atoms with E-state index >= 15 is 0 Å². The van der Waals surface area contributed by atoms with Crippen LogP contribution in [0.3, 0.4) is 0 Å². The standard InChI is InChI=1S/C25H20N4/c1-3-10-20(11-4-1)12-9-19-26-29-25(27-22-14-5-2-6-15-22)24-18-17-21-13-7-8-16-23(21)28-24/h1-19H,(H,27,29). The average molecular weight is 376 g/mol. The van der Waals surface area contributed by atoms with E-state index in [0.29, 0.717) is 5.84 Å². The van der Waals surface area contributed by atoms with Crippen molar-refractivity contribution in [3.05, 3.63) is 114 Å². The van der Waals surface area contributed by atoms with Gasteiger partial charge in [-0.15, -0.1) is 0 Å². The monoisotopic (exact) mass is 376 g/mol. The summed E-state index contributed by atoms with van der Waals surface area (Å²) in [5.74, 6) is 0.589. The molecule has 0 aliphatic carbocycles. The van der Waals surface area contributed by atoms with Crippen molar-refractivity contribution in [3.8, 4) is 0 Å². The molecular formula is C25H20N4. The zero-order chi connectivity index (χ0) is 19.7. The molecule has 3 aromatic carbocycles. The number of para-hydroxylation sites is 2. The van der Waals surface area contributed by atoms with Gasteiger partial charge in [0.15, 0.2) is 5.84 Å². The third-order valence-corrected chi connectivity index (χ3v) is 4.26. The molecule has 4 heteroatoms. The van der Waals surface area contributed by atoms with Crippen molar-refractivity contribution in [1.29, 1.82) is 0 Å². The lowest BCUT2D eigenvalue weighted by Gasteiger charge is -2.07. The number of benzene rings is 3. The van der Waals surface area contributed by atoms with E-state index in [-0.39, 0.29) is 0 Å². The van der Waals surface area contributed by atoms with Crippen LogP contribution in [0.2, 0.25) is 0 Å². The summed E-state index contributed by atoms with van der Waals surface area (Å²) in [6.07, 6.45) is 5.58. The van der Waals surface area contributed by atoms with Crippen LogP contribution in [0.1, 0.15) is 11.3 Å². The van der Waals surface area contributed by atoms with Gasteiger partial charge < -0.3 is 0 Å². The van der Waals surface area contributed by atoms with Crippen LogP contribution in [-0.4, -0.2) is 17.0 Å². The van der Waals surface area contributed by atoms with Crippen LogP contribution in [0.4, 0.5) is 5.69 Å². The van der Waals surface area contributed by atoms with Gasteiger partial charge in [-0.05, 0) is 35.9 Å². The predicted octanol–water partition coefficient (Wildman–Crippen LogP) is 5.60. The average Bonchev–Trinajstić information content (AvgIpc) is 2.79. The van der Waals surface area contributed by atoms with E-state index in [4.69, 9.17) is 9.98 Å². The van der Waals surface area contributed by atoms with Gasteiger partial charge in [0.1, 0.15) is 5.69 Å². The van der Waals surface area contributed by atoms with Crippen molar-refractivity contribution in [1.82, 2.24) is 10.4 Å². The lowest BCUT2D eigenvalue weighted by molar-refractivity contribution is 1.02. The second kappa shape index (κ2) is 9.24.